The number of ether oxygens (including phenoxy) is 1. The molecular formula is C17H15F2N3O4S. The molecule has 0 spiro atoms. The van der Waals surface area contributed by atoms with Gasteiger partial charge in [0.25, 0.3) is 5.89 Å². The minimum Gasteiger partial charge on any atom is -0.435 e. The molecule has 0 N–H and O–H groups in total. The predicted octanol–water partition coefficient (Wildman–Crippen LogP) is 2.82. The van der Waals surface area contributed by atoms with Gasteiger partial charge in [-0.15, -0.1) is 16.4 Å². The molecular weight excluding hydrogens is 380 g/mol. The van der Waals surface area contributed by atoms with Gasteiger partial charge in [-0.05, 0) is 29.1 Å². The zero-order valence-corrected chi connectivity index (χ0v) is 15.0. The molecule has 0 atom stereocenters. The van der Waals surface area contributed by atoms with Gasteiger partial charge in [-0.25, -0.2) is 4.79 Å². The zero-order valence-electron chi connectivity index (χ0n) is 14.2. The number of nitrogens with zero attached hydrogens (tertiary/aromatic N) is 3. The number of likely N-dealkylation sites (N-methyl/N-ethyl adjacent to an activating group) is 1. The Hall–Kier alpha value is -3.01. The normalized spacial score (nSPS) is 11.0. The maximum absolute atomic E-state index is 12.3. The fourth-order valence-electron chi connectivity index (χ4n) is 2.29. The molecule has 0 saturated carbocycles. The fraction of sp³-hybridized carbons (Fsp3) is 0.235. The average Bonchev–Trinajstić information content (AvgIpc) is 3.26. The van der Waals surface area contributed by atoms with Crippen molar-refractivity contribution >= 4 is 17.2 Å². The lowest BCUT2D eigenvalue weighted by atomic mass is 10.2. The molecule has 0 bridgehead atoms. The Kier molecular flexibility index (Phi) is 5.65. The van der Waals surface area contributed by atoms with Gasteiger partial charge in [0, 0.05) is 13.6 Å². The first-order valence-corrected chi connectivity index (χ1v) is 8.70. The lowest BCUT2D eigenvalue weighted by Crippen LogP contribution is -2.33. The quantitative estimate of drug-likeness (QED) is 0.615. The number of alkyl halides is 2. The van der Waals surface area contributed by atoms with Gasteiger partial charge in [0.15, 0.2) is 0 Å². The molecule has 0 aliphatic rings. The van der Waals surface area contributed by atoms with Crippen molar-refractivity contribution in [3.05, 3.63) is 57.9 Å². The van der Waals surface area contributed by atoms with Crippen LogP contribution in [0.1, 0.15) is 5.56 Å². The Morgan fingerprint density at radius 2 is 2.07 bits per heavy atom. The summed E-state index contributed by atoms with van der Waals surface area (Å²) in [5.41, 5.74) is 0.722. The standard InChI is InChI=1S/C17H15F2N3O4S/c1-21(9-11-4-6-12(7-5-11)25-16(18)19)14(23)10-22-17(24)26-15(20-22)13-3-2-8-27-13/h2-8,16H,9-10H2,1H3. The molecule has 142 valence electrons. The summed E-state index contributed by atoms with van der Waals surface area (Å²) < 4.78 is 34.6. The summed E-state index contributed by atoms with van der Waals surface area (Å²) in [6, 6.07) is 9.52. The third kappa shape index (κ3) is 4.79. The van der Waals surface area contributed by atoms with Crippen molar-refractivity contribution in [2.24, 2.45) is 0 Å². The molecule has 2 aromatic heterocycles. The van der Waals surface area contributed by atoms with Crippen LogP contribution in [0.3, 0.4) is 0 Å². The van der Waals surface area contributed by atoms with Gasteiger partial charge in [0.05, 0.1) is 4.88 Å². The molecule has 3 aromatic rings. The van der Waals surface area contributed by atoms with Gasteiger partial charge in [-0.1, -0.05) is 18.2 Å². The van der Waals surface area contributed by atoms with Crippen LogP contribution in [-0.2, 0) is 17.9 Å². The second kappa shape index (κ2) is 8.12. The van der Waals surface area contributed by atoms with Crippen molar-refractivity contribution in [2.45, 2.75) is 19.7 Å². The first-order valence-electron chi connectivity index (χ1n) is 7.82. The Morgan fingerprint density at radius 3 is 2.70 bits per heavy atom. The van der Waals surface area contributed by atoms with Crippen molar-refractivity contribution in [1.82, 2.24) is 14.7 Å². The van der Waals surface area contributed by atoms with Crippen LogP contribution in [0.25, 0.3) is 10.8 Å². The number of carbonyl (C=O) groups is 1. The van der Waals surface area contributed by atoms with E-state index in [1.807, 2.05) is 5.38 Å². The Bertz CT molecular complexity index is 951. The summed E-state index contributed by atoms with van der Waals surface area (Å²) in [7, 11) is 1.57. The number of aromatic nitrogens is 2. The van der Waals surface area contributed by atoms with Crippen molar-refractivity contribution in [2.75, 3.05) is 7.05 Å². The van der Waals surface area contributed by atoms with Crippen molar-refractivity contribution in [3.63, 3.8) is 0 Å². The first-order chi connectivity index (χ1) is 12.9. The van der Waals surface area contributed by atoms with Crippen molar-refractivity contribution in [3.8, 4) is 16.5 Å². The molecule has 0 saturated heterocycles. The van der Waals surface area contributed by atoms with Gasteiger partial charge < -0.3 is 14.1 Å². The summed E-state index contributed by atoms with van der Waals surface area (Å²) in [6.07, 6.45) is 0. The molecule has 0 fully saturated rings. The van der Waals surface area contributed by atoms with Crippen LogP contribution in [-0.4, -0.2) is 34.2 Å². The number of thiophene rings is 1. The topological polar surface area (TPSA) is 77.6 Å². The number of carbonyl (C=O) groups excluding carboxylic acids is 1. The van der Waals surface area contributed by atoms with E-state index in [0.29, 0.717) is 4.88 Å². The molecule has 0 unspecified atom stereocenters. The maximum Gasteiger partial charge on any atom is 0.437 e. The van der Waals surface area contributed by atoms with Crippen LogP contribution in [0, 0.1) is 0 Å². The minimum absolute atomic E-state index is 0.0398. The first kappa shape index (κ1) is 18.8. The molecule has 0 aliphatic heterocycles. The predicted molar refractivity (Wildman–Crippen MR) is 93.6 cm³/mol. The SMILES string of the molecule is CN(Cc1ccc(OC(F)F)cc1)C(=O)Cn1nc(-c2cccs2)oc1=O. The molecule has 0 radical (unpaired) electrons. The van der Waals surface area contributed by atoms with Crippen LogP contribution in [0.5, 0.6) is 5.75 Å². The van der Waals surface area contributed by atoms with Gasteiger partial charge in [-0.2, -0.15) is 13.5 Å². The molecule has 1 amide bonds. The van der Waals surface area contributed by atoms with E-state index in [9.17, 15) is 18.4 Å². The van der Waals surface area contributed by atoms with E-state index in [0.717, 1.165) is 10.2 Å². The Labute approximate surface area is 156 Å². The average molecular weight is 395 g/mol. The third-order valence-electron chi connectivity index (χ3n) is 3.62. The maximum atomic E-state index is 12.3. The number of benzene rings is 1. The smallest absolute Gasteiger partial charge is 0.435 e. The second-order valence-corrected chi connectivity index (χ2v) is 6.53. The largest absolute Gasteiger partial charge is 0.437 e. The highest BCUT2D eigenvalue weighted by atomic mass is 32.1. The summed E-state index contributed by atoms with van der Waals surface area (Å²) in [5.74, 6) is -0.859. The molecule has 2 heterocycles. The summed E-state index contributed by atoms with van der Waals surface area (Å²) in [6.45, 7) is -2.92. The Morgan fingerprint density at radius 1 is 1.33 bits per heavy atom. The lowest BCUT2D eigenvalue weighted by molar-refractivity contribution is -0.131. The van der Waals surface area contributed by atoms with E-state index in [1.54, 1.807) is 31.3 Å². The van der Waals surface area contributed by atoms with Crippen LogP contribution in [0.4, 0.5) is 8.78 Å². The summed E-state index contributed by atoms with van der Waals surface area (Å²) >= 11 is 1.37. The summed E-state index contributed by atoms with van der Waals surface area (Å²) in [5, 5.41) is 5.86. The lowest BCUT2D eigenvalue weighted by Gasteiger charge is -2.17. The molecule has 7 nitrogen and oxygen atoms in total. The van der Waals surface area contributed by atoms with Crippen LogP contribution in [0.2, 0.25) is 0 Å². The zero-order chi connectivity index (χ0) is 19.4. The molecule has 0 aliphatic carbocycles. The van der Waals surface area contributed by atoms with Crippen LogP contribution in [0.15, 0.2) is 51.0 Å². The number of hydrogen-bond acceptors (Lipinski definition) is 6. The van der Waals surface area contributed by atoms with E-state index in [1.165, 1.54) is 28.4 Å². The number of amides is 1. The van der Waals surface area contributed by atoms with Gasteiger partial charge in [-0.3, -0.25) is 4.79 Å². The molecule has 3 rings (SSSR count). The highest BCUT2D eigenvalue weighted by molar-refractivity contribution is 7.13. The van der Waals surface area contributed by atoms with E-state index in [4.69, 9.17) is 4.42 Å². The Balaban J connectivity index is 1.62. The molecule has 10 heteroatoms. The van der Waals surface area contributed by atoms with E-state index < -0.39 is 12.4 Å². The highest BCUT2D eigenvalue weighted by Crippen LogP contribution is 2.21. The van der Waals surface area contributed by atoms with E-state index >= 15 is 0 Å². The summed E-state index contributed by atoms with van der Waals surface area (Å²) in [4.78, 5) is 26.3. The van der Waals surface area contributed by atoms with Crippen LogP contribution < -0.4 is 10.5 Å². The van der Waals surface area contributed by atoms with Gasteiger partial charge >= 0.3 is 12.4 Å². The van der Waals surface area contributed by atoms with Gasteiger partial charge in [0.1, 0.15) is 12.3 Å². The number of halogens is 2. The highest BCUT2D eigenvalue weighted by Gasteiger charge is 2.16. The monoisotopic (exact) mass is 395 g/mol. The van der Waals surface area contributed by atoms with Crippen LogP contribution >= 0.6 is 11.3 Å². The third-order valence-corrected chi connectivity index (χ3v) is 4.48. The van der Waals surface area contributed by atoms with Crippen molar-refractivity contribution < 1.29 is 22.7 Å². The number of hydrogen-bond donors (Lipinski definition) is 0. The van der Waals surface area contributed by atoms with E-state index in [2.05, 4.69) is 9.84 Å². The van der Waals surface area contributed by atoms with E-state index in [-0.39, 0.29) is 30.6 Å². The number of rotatable bonds is 7. The fourth-order valence-corrected chi connectivity index (χ4v) is 2.94. The van der Waals surface area contributed by atoms with Crippen molar-refractivity contribution in [1.29, 1.82) is 0 Å². The second-order valence-electron chi connectivity index (χ2n) is 5.58. The minimum atomic E-state index is -2.89. The molecule has 27 heavy (non-hydrogen) atoms. The molecule has 1 aromatic carbocycles. The van der Waals surface area contributed by atoms with Gasteiger partial charge in [0.2, 0.25) is 5.91 Å².